The SMILES string of the molecule is COc1ccc(OC)c(CC(=O)N2CCC(CN)CC2)c1. The van der Waals surface area contributed by atoms with E-state index in [0.717, 1.165) is 43.0 Å². The molecule has 1 aliphatic rings. The normalized spacial score (nSPS) is 15.9. The van der Waals surface area contributed by atoms with Crippen molar-refractivity contribution < 1.29 is 14.3 Å². The van der Waals surface area contributed by atoms with E-state index in [-0.39, 0.29) is 5.91 Å². The van der Waals surface area contributed by atoms with Crippen molar-refractivity contribution in [2.45, 2.75) is 19.3 Å². The zero-order valence-corrected chi connectivity index (χ0v) is 12.8. The number of carbonyl (C=O) groups is 1. The Balaban J connectivity index is 2.02. The topological polar surface area (TPSA) is 64.8 Å². The molecule has 1 heterocycles. The van der Waals surface area contributed by atoms with Crippen LogP contribution in [-0.4, -0.2) is 44.7 Å². The Hall–Kier alpha value is -1.75. The summed E-state index contributed by atoms with van der Waals surface area (Å²) in [5, 5.41) is 0. The fourth-order valence-corrected chi connectivity index (χ4v) is 2.71. The molecular weight excluding hydrogens is 268 g/mol. The molecule has 0 bridgehead atoms. The van der Waals surface area contributed by atoms with Gasteiger partial charge in [-0.15, -0.1) is 0 Å². The van der Waals surface area contributed by atoms with Crippen molar-refractivity contribution in [3.05, 3.63) is 23.8 Å². The molecule has 0 aliphatic carbocycles. The Morgan fingerprint density at radius 3 is 2.57 bits per heavy atom. The van der Waals surface area contributed by atoms with E-state index in [1.165, 1.54) is 0 Å². The highest BCUT2D eigenvalue weighted by molar-refractivity contribution is 5.79. The summed E-state index contributed by atoms with van der Waals surface area (Å²) < 4.78 is 10.5. The molecule has 21 heavy (non-hydrogen) atoms. The van der Waals surface area contributed by atoms with E-state index in [9.17, 15) is 4.79 Å². The van der Waals surface area contributed by atoms with E-state index in [2.05, 4.69) is 0 Å². The number of benzene rings is 1. The van der Waals surface area contributed by atoms with Crippen LogP contribution in [0.1, 0.15) is 18.4 Å². The van der Waals surface area contributed by atoms with Crippen LogP contribution < -0.4 is 15.2 Å². The first kappa shape index (κ1) is 15.6. The number of ether oxygens (including phenoxy) is 2. The lowest BCUT2D eigenvalue weighted by Crippen LogP contribution is -2.40. The minimum absolute atomic E-state index is 0.136. The second-order valence-electron chi connectivity index (χ2n) is 5.41. The highest BCUT2D eigenvalue weighted by Crippen LogP contribution is 2.25. The van der Waals surface area contributed by atoms with Gasteiger partial charge in [-0.2, -0.15) is 0 Å². The maximum absolute atomic E-state index is 12.4. The lowest BCUT2D eigenvalue weighted by molar-refractivity contribution is -0.131. The van der Waals surface area contributed by atoms with E-state index in [1.54, 1.807) is 14.2 Å². The second-order valence-corrected chi connectivity index (χ2v) is 5.41. The van der Waals surface area contributed by atoms with Crippen LogP contribution in [0.3, 0.4) is 0 Å². The van der Waals surface area contributed by atoms with Gasteiger partial charge in [0.05, 0.1) is 20.6 Å². The van der Waals surface area contributed by atoms with Gasteiger partial charge in [-0.05, 0) is 43.5 Å². The first-order valence-corrected chi connectivity index (χ1v) is 7.36. The average molecular weight is 292 g/mol. The van der Waals surface area contributed by atoms with Crippen molar-refractivity contribution >= 4 is 5.91 Å². The zero-order chi connectivity index (χ0) is 15.2. The molecule has 1 aromatic rings. The molecule has 5 nitrogen and oxygen atoms in total. The van der Waals surface area contributed by atoms with E-state index >= 15 is 0 Å². The molecule has 0 spiro atoms. The van der Waals surface area contributed by atoms with Gasteiger partial charge in [-0.25, -0.2) is 0 Å². The number of rotatable bonds is 5. The van der Waals surface area contributed by atoms with Gasteiger partial charge in [-0.3, -0.25) is 4.79 Å². The summed E-state index contributed by atoms with van der Waals surface area (Å²) in [6.45, 7) is 2.31. The molecule has 1 aromatic carbocycles. The van der Waals surface area contributed by atoms with Crippen molar-refractivity contribution in [2.24, 2.45) is 11.7 Å². The summed E-state index contributed by atoms with van der Waals surface area (Å²) in [5.41, 5.74) is 6.55. The number of methoxy groups -OCH3 is 2. The number of hydrogen-bond donors (Lipinski definition) is 1. The number of hydrogen-bond acceptors (Lipinski definition) is 4. The molecule has 5 heteroatoms. The first-order chi connectivity index (χ1) is 10.2. The number of nitrogens with zero attached hydrogens (tertiary/aromatic N) is 1. The van der Waals surface area contributed by atoms with Gasteiger partial charge in [-0.1, -0.05) is 0 Å². The van der Waals surface area contributed by atoms with E-state index in [4.69, 9.17) is 15.2 Å². The molecule has 1 saturated heterocycles. The third kappa shape index (κ3) is 3.88. The van der Waals surface area contributed by atoms with Crippen molar-refractivity contribution in [2.75, 3.05) is 33.9 Å². The summed E-state index contributed by atoms with van der Waals surface area (Å²) in [6, 6.07) is 5.53. The van der Waals surface area contributed by atoms with E-state index < -0.39 is 0 Å². The molecule has 0 unspecified atom stereocenters. The molecule has 0 saturated carbocycles. The Morgan fingerprint density at radius 1 is 1.29 bits per heavy atom. The fourth-order valence-electron chi connectivity index (χ4n) is 2.71. The Kier molecular flexibility index (Phi) is 5.44. The smallest absolute Gasteiger partial charge is 0.227 e. The third-order valence-electron chi connectivity index (χ3n) is 4.13. The van der Waals surface area contributed by atoms with Gasteiger partial charge < -0.3 is 20.1 Å². The predicted molar refractivity (Wildman–Crippen MR) is 81.6 cm³/mol. The number of piperidine rings is 1. The second kappa shape index (κ2) is 7.31. The van der Waals surface area contributed by atoms with Crippen LogP contribution >= 0.6 is 0 Å². The van der Waals surface area contributed by atoms with Crippen LogP contribution in [0.4, 0.5) is 0 Å². The molecule has 1 amide bonds. The van der Waals surface area contributed by atoms with Crippen molar-refractivity contribution in [3.8, 4) is 11.5 Å². The standard InChI is InChI=1S/C16H24N2O3/c1-20-14-3-4-15(21-2)13(9-14)10-16(19)18-7-5-12(11-17)6-8-18/h3-4,9,12H,5-8,10-11,17H2,1-2H3. The van der Waals surface area contributed by atoms with Crippen LogP contribution in [0.25, 0.3) is 0 Å². The minimum Gasteiger partial charge on any atom is -0.497 e. The van der Waals surface area contributed by atoms with E-state index in [1.807, 2.05) is 23.1 Å². The summed E-state index contributed by atoms with van der Waals surface area (Å²) in [4.78, 5) is 14.4. The molecule has 116 valence electrons. The molecule has 0 atom stereocenters. The third-order valence-corrected chi connectivity index (χ3v) is 4.13. The van der Waals surface area contributed by atoms with Crippen molar-refractivity contribution in [1.82, 2.24) is 4.90 Å². The van der Waals surface area contributed by atoms with Crippen molar-refractivity contribution in [1.29, 1.82) is 0 Å². The van der Waals surface area contributed by atoms with Crippen LogP contribution in [0.5, 0.6) is 11.5 Å². The first-order valence-electron chi connectivity index (χ1n) is 7.36. The Morgan fingerprint density at radius 2 is 2.00 bits per heavy atom. The summed E-state index contributed by atoms with van der Waals surface area (Å²) in [6.07, 6.45) is 2.34. The molecule has 2 N–H and O–H groups in total. The maximum Gasteiger partial charge on any atom is 0.227 e. The van der Waals surface area contributed by atoms with Crippen molar-refractivity contribution in [3.63, 3.8) is 0 Å². The lowest BCUT2D eigenvalue weighted by Gasteiger charge is -2.31. The number of amides is 1. The van der Waals surface area contributed by atoms with Crippen LogP contribution in [-0.2, 0) is 11.2 Å². The molecule has 2 rings (SSSR count). The van der Waals surface area contributed by atoms with Gasteiger partial charge in [0.15, 0.2) is 0 Å². The number of carbonyl (C=O) groups excluding carboxylic acids is 1. The minimum atomic E-state index is 0.136. The highest BCUT2D eigenvalue weighted by atomic mass is 16.5. The Labute approximate surface area is 126 Å². The largest absolute Gasteiger partial charge is 0.497 e. The van der Waals surface area contributed by atoms with Gasteiger partial charge in [0, 0.05) is 18.7 Å². The van der Waals surface area contributed by atoms with Gasteiger partial charge >= 0.3 is 0 Å². The average Bonchev–Trinajstić information content (AvgIpc) is 2.54. The summed E-state index contributed by atoms with van der Waals surface area (Å²) in [5.74, 6) is 2.15. The number of nitrogens with two attached hydrogens (primary N) is 1. The fraction of sp³-hybridized carbons (Fsp3) is 0.562. The summed E-state index contributed by atoms with van der Waals surface area (Å²) >= 11 is 0. The molecular formula is C16H24N2O3. The predicted octanol–water partition coefficient (Wildman–Crippen LogP) is 1.44. The van der Waals surface area contributed by atoms with Crippen LogP contribution in [0, 0.1) is 5.92 Å². The van der Waals surface area contributed by atoms with Gasteiger partial charge in [0.2, 0.25) is 5.91 Å². The summed E-state index contributed by atoms with van der Waals surface area (Å²) in [7, 11) is 3.23. The molecule has 0 radical (unpaired) electrons. The number of likely N-dealkylation sites (tertiary alicyclic amines) is 1. The molecule has 0 aromatic heterocycles. The lowest BCUT2D eigenvalue weighted by atomic mass is 9.96. The van der Waals surface area contributed by atoms with Gasteiger partial charge in [0.25, 0.3) is 0 Å². The maximum atomic E-state index is 12.4. The van der Waals surface area contributed by atoms with Crippen LogP contribution in [0.15, 0.2) is 18.2 Å². The molecule has 1 fully saturated rings. The monoisotopic (exact) mass is 292 g/mol. The van der Waals surface area contributed by atoms with Crippen LogP contribution in [0.2, 0.25) is 0 Å². The highest BCUT2D eigenvalue weighted by Gasteiger charge is 2.22. The van der Waals surface area contributed by atoms with E-state index in [0.29, 0.717) is 18.9 Å². The van der Waals surface area contributed by atoms with Gasteiger partial charge in [0.1, 0.15) is 11.5 Å². The zero-order valence-electron chi connectivity index (χ0n) is 12.8. The quantitative estimate of drug-likeness (QED) is 0.892. The Bertz CT molecular complexity index is 482. The molecule has 1 aliphatic heterocycles.